The number of aromatic nitrogens is 4. The van der Waals surface area contributed by atoms with Gasteiger partial charge in [0, 0.05) is 11.9 Å². The first-order valence-electron chi connectivity index (χ1n) is 5.01. The zero-order chi connectivity index (χ0) is 11.7. The number of hydrogen-bond acceptors (Lipinski definition) is 4. The highest BCUT2D eigenvalue weighted by Crippen LogP contribution is 2.16. The van der Waals surface area contributed by atoms with Crippen molar-refractivity contribution in [2.75, 3.05) is 0 Å². The molecule has 0 spiro atoms. The minimum atomic E-state index is -1.14. The minimum Gasteiger partial charge on any atom is -0.475 e. The van der Waals surface area contributed by atoms with Crippen molar-refractivity contribution in [3.05, 3.63) is 17.7 Å². The first kappa shape index (κ1) is 10.5. The summed E-state index contributed by atoms with van der Waals surface area (Å²) in [5.41, 5.74) is 1.35. The normalized spacial score (nSPS) is 11.2. The van der Waals surface area contributed by atoms with Gasteiger partial charge >= 0.3 is 5.97 Å². The number of carboxylic acids is 1. The van der Waals surface area contributed by atoms with Gasteiger partial charge in [0.2, 0.25) is 5.82 Å². The van der Waals surface area contributed by atoms with Crippen LogP contribution in [0.25, 0.3) is 11.0 Å². The first-order chi connectivity index (χ1) is 7.58. The zero-order valence-corrected chi connectivity index (χ0v) is 9.06. The third-order valence-electron chi connectivity index (χ3n) is 2.19. The molecule has 6 nitrogen and oxygen atoms in total. The fourth-order valence-corrected chi connectivity index (χ4v) is 1.52. The van der Waals surface area contributed by atoms with Gasteiger partial charge in [0.05, 0.1) is 5.39 Å². The van der Waals surface area contributed by atoms with Crippen molar-refractivity contribution in [2.45, 2.75) is 20.3 Å². The second-order valence-corrected chi connectivity index (χ2v) is 4.04. The maximum Gasteiger partial charge on any atom is 0.374 e. The van der Waals surface area contributed by atoms with Gasteiger partial charge in [-0.05, 0) is 12.3 Å². The predicted octanol–water partition coefficient (Wildman–Crippen LogP) is 1.25. The molecule has 2 aromatic rings. The number of fused-ring (bicyclic) bond motifs is 1. The van der Waals surface area contributed by atoms with Gasteiger partial charge in [0.15, 0.2) is 5.65 Å². The van der Waals surface area contributed by atoms with Crippen LogP contribution in [0.2, 0.25) is 0 Å². The summed E-state index contributed by atoms with van der Waals surface area (Å²) in [6.07, 6.45) is 2.35. The van der Waals surface area contributed by atoms with Crippen LogP contribution in [0.5, 0.6) is 0 Å². The predicted molar refractivity (Wildman–Crippen MR) is 57.2 cm³/mol. The molecule has 0 unspecified atom stereocenters. The Balaban J connectivity index is 2.46. The van der Waals surface area contributed by atoms with Crippen LogP contribution >= 0.6 is 0 Å². The molecular formula is C10H12N4O2. The molecule has 0 aliphatic carbocycles. The van der Waals surface area contributed by atoms with Crippen LogP contribution in [-0.2, 0) is 6.42 Å². The molecule has 2 aromatic heterocycles. The standard InChI is InChI=1S/C10H12N4O2/c1-5(2)3-7-6-4-11-9(10(15)16)12-8(6)14-13-7/h4-5H,3H2,1-2H3,(H,15,16)(H,11,12,13,14). The summed E-state index contributed by atoms with van der Waals surface area (Å²) in [4.78, 5) is 18.3. The highest BCUT2D eigenvalue weighted by atomic mass is 16.4. The summed E-state index contributed by atoms with van der Waals surface area (Å²) in [5.74, 6) is -0.881. The van der Waals surface area contributed by atoms with Gasteiger partial charge in [-0.2, -0.15) is 5.10 Å². The highest BCUT2D eigenvalue weighted by Gasteiger charge is 2.12. The number of carbonyl (C=O) groups is 1. The Morgan fingerprint density at radius 2 is 2.31 bits per heavy atom. The van der Waals surface area contributed by atoms with Gasteiger partial charge in [-0.1, -0.05) is 13.8 Å². The number of rotatable bonds is 3. The van der Waals surface area contributed by atoms with Gasteiger partial charge in [-0.25, -0.2) is 14.8 Å². The maximum atomic E-state index is 10.7. The van der Waals surface area contributed by atoms with E-state index >= 15 is 0 Å². The van der Waals surface area contributed by atoms with Gasteiger partial charge in [0.25, 0.3) is 0 Å². The number of carboxylic acid groups (broad SMARTS) is 1. The third-order valence-corrected chi connectivity index (χ3v) is 2.19. The van der Waals surface area contributed by atoms with Crippen molar-refractivity contribution in [3.63, 3.8) is 0 Å². The van der Waals surface area contributed by atoms with Crippen molar-refractivity contribution in [2.24, 2.45) is 5.92 Å². The van der Waals surface area contributed by atoms with E-state index in [0.29, 0.717) is 11.6 Å². The Morgan fingerprint density at radius 3 is 2.94 bits per heavy atom. The molecule has 0 radical (unpaired) electrons. The SMILES string of the molecule is CC(C)Cc1[nH]nc2nc(C(=O)O)ncc12. The number of hydrogen-bond donors (Lipinski definition) is 2. The maximum absolute atomic E-state index is 10.7. The van der Waals surface area contributed by atoms with E-state index in [0.717, 1.165) is 17.5 Å². The Labute approximate surface area is 91.7 Å². The van der Waals surface area contributed by atoms with Crippen LogP contribution in [0.15, 0.2) is 6.20 Å². The fraction of sp³-hybridized carbons (Fsp3) is 0.400. The Bertz CT molecular complexity index is 533. The second-order valence-electron chi connectivity index (χ2n) is 4.04. The van der Waals surface area contributed by atoms with E-state index in [-0.39, 0.29) is 5.82 Å². The molecule has 84 valence electrons. The molecule has 0 fully saturated rings. The van der Waals surface area contributed by atoms with E-state index < -0.39 is 5.97 Å². The molecule has 2 N–H and O–H groups in total. The largest absolute Gasteiger partial charge is 0.475 e. The molecule has 2 heterocycles. The molecular weight excluding hydrogens is 208 g/mol. The molecule has 0 saturated heterocycles. The number of aromatic carboxylic acids is 1. The summed E-state index contributed by atoms with van der Waals surface area (Å²) in [7, 11) is 0. The monoisotopic (exact) mass is 220 g/mol. The summed E-state index contributed by atoms with van der Waals surface area (Å²) in [5, 5.41) is 16.4. The third kappa shape index (κ3) is 1.86. The van der Waals surface area contributed by atoms with Gasteiger partial charge in [0.1, 0.15) is 0 Å². The lowest BCUT2D eigenvalue weighted by atomic mass is 10.1. The molecule has 0 atom stereocenters. The summed E-state index contributed by atoms with van der Waals surface area (Å²) in [6.45, 7) is 4.19. The Hall–Kier alpha value is -1.98. The zero-order valence-electron chi connectivity index (χ0n) is 9.06. The van der Waals surface area contributed by atoms with Crippen molar-refractivity contribution >= 4 is 17.0 Å². The molecule has 0 amide bonds. The summed E-state index contributed by atoms with van der Waals surface area (Å²) >= 11 is 0. The average Bonchev–Trinajstić information content (AvgIpc) is 2.60. The van der Waals surface area contributed by atoms with Gasteiger partial charge < -0.3 is 5.11 Å². The molecule has 0 aliphatic heterocycles. The molecule has 2 rings (SSSR count). The van der Waals surface area contributed by atoms with E-state index in [9.17, 15) is 4.79 Å². The van der Waals surface area contributed by atoms with E-state index in [1.54, 1.807) is 0 Å². The minimum absolute atomic E-state index is 0.227. The number of nitrogens with zero attached hydrogens (tertiary/aromatic N) is 3. The molecule has 0 aromatic carbocycles. The lowest BCUT2D eigenvalue weighted by Crippen LogP contribution is -2.03. The van der Waals surface area contributed by atoms with Crippen LogP contribution in [0.4, 0.5) is 0 Å². The number of H-pyrrole nitrogens is 1. The van der Waals surface area contributed by atoms with E-state index in [1.165, 1.54) is 6.20 Å². The van der Waals surface area contributed by atoms with Crippen molar-refractivity contribution in [3.8, 4) is 0 Å². The Kier molecular flexibility index (Phi) is 2.55. The number of aromatic amines is 1. The Morgan fingerprint density at radius 1 is 1.56 bits per heavy atom. The van der Waals surface area contributed by atoms with E-state index in [1.807, 2.05) is 0 Å². The van der Waals surface area contributed by atoms with E-state index in [2.05, 4.69) is 34.0 Å². The van der Waals surface area contributed by atoms with Gasteiger partial charge in [-0.3, -0.25) is 5.10 Å². The topological polar surface area (TPSA) is 91.8 Å². The second kappa shape index (κ2) is 3.88. The molecule has 16 heavy (non-hydrogen) atoms. The number of nitrogens with one attached hydrogen (secondary N) is 1. The lowest BCUT2D eigenvalue weighted by Gasteiger charge is -2.01. The molecule has 0 bridgehead atoms. The lowest BCUT2D eigenvalue weighted by molar-refractivity contribution is 0.0684. The summed E-state index contributed by atoms with van der Waals surface area (Å²) < 4.78 is 0. The highest BCUT2D eigenvalue weighted by molar-refractivity contribution is 5.86. The van der Waals surface area contributed by atoms with Gasteiger partial charge in [-0.15, -0.1) is 0 Å². The fourth-order valence-electron chi connectivity index (χ4n) is 1.52. The van der Waals surface area contributed by atoms with Crippen LogP contribution in [0, 0.1) is 5.92 Å². The molecule has 0 aliphatic rings. The smallest absolute Gasteiger partial charge is 0.374 e. The van der Waals surface area contributed by atoms with Crippen LogP contribution in [0.3, 0.4) is 0 Å². The quantitative estimate of drug-likeness (QED) is 0.812. The van der Waals surface area contributed by atoms with Crippen molar-refractivity contribution < 1.29 is 9.90 Å². The van der Waals surface area contributed by atoms with Crippen LogP contribution < -0.4 is 0 Å². The van der Waals surface area contributed by atoms with Crippen LogP contribution in [-0.4, -0.2) is 31.2 Å². The first-order valence-corrected chi connectivity index (χ1v) is 5.01. The molecule has 0 saturated carbocycles. The van der Waals surface area contributed by atoms with E-state index in [4.69, 9.17) is 5.11 Å². The van der Waals surface area contributed by atoms with Crippen molar-refractivity contribution in [1.29, 1.82) is 0 Å². The van der Waals surface area contributed by atoms with Crippen LogP contribution in [0.1, 0.15) is 30.2 Å². The summed E-state index contributed by atoms with van der Waals surface area (Å²) in [6, 6.07) is 0. The van der Waals surface area contributed by atoms with Crippen molar-refractivity contribution in [1.82, 2.24) is 20.2 Å². The molecule has 6 heteroatoms. The average molecular weight is 220 g/mol.